The Labute approximate surface area is 226 Å². The molecule has 0 bridgehead atoms. The van der Waals surface area contributed by atoms with Crippen LogP contribution in [-0.2, 0) is 17.9 Å². The largest absolute Gasteiger partial charge is 0.491 e. The van der Waals surface area contributed by atoms with Gasteiger partial charge in [-0.2, -0.15) is 10.6 Å². The normalized spacial score (nSPS) is 11.7. The highest BCUT2D eigenvalue weighted by Gasteiger charge is 2.18. The van der Waals surface area contributed by atoms with Crippen molar-refractivity contribution in [3.8, 4) is 5.75 Å². The van der Waals surface area contributed by atoms with Gasteiger partial charge in [0, 0.05) is 5.02 Å². The van der Waals surface area contributed by atoms with Crippen LogP contribution in [0.1, 0.15) is 41.4 Å². The maximum atomic E-state index is 13.6. The number of oxazole rings is 1. The molecule has 204 valence electrons. The second kappa shape index (κ2) is 11.4. The van der Waals surface area contributed by atoms with Crippen LogP contribution in [0.3, 0.4) is 0 Å². The average molecular weight is 556 g/mol. The van der Waals surface area contributed by atoms with Gasteiger partial charge in [0.2, 0.25) is 11.5 Å². The number of benzene rings is 2. The molecule has 4 rings (SSSR count). The van der Waals surface area contributed by atoms with E-state index >= 15 is 0 Å². The third-order valence-electron chi connectivity index (χ3n) is 5.52. The van der Waals surface area contributed by atoms with E-state index in [1.807, 2.05) is 20.8 Å². The predicted octanol–water partition coefficient (Wildman–Crippen LogP) is 1.62. The molecule has 13 nitrogen and oxygen atoms in total. The summed E-state index contributed by atoms with van der Waals surface area (Å²) in [4.78, 5) is 51.0. The molecular formula is C25H26ClN7O6. The fourth-order valence-electron chi connectivity index (χ4n) is 3.70. The molecule has 0 radical (unpaired) electrons. The van der Waals surface area contributed by atoms with E-state index in [1.165, 1.54) is 4.57 Å². The number of ether oxygens (including phenoxy) is 1. The van der Waals surface area contributed by atoms with E-state index in [4.69, 9.17) is 32.5 Å². The summed E-state index contributed by atoms with van der Waals surface area (Å²) in [6.07, 6.45) is 0.979. The fourth-order valence-corrected chi connectivity index (χ4v) is 3.82. The van der Waals surface area contributed by atoms with E-state index < -0.39 is 23.9 Å². The molecule has 39 heavy (non-hydrogen) atoms. The van der Waals surface area contributed by atoms with Crippen molar-refractivity contribution in [3.63, 3.8) is 0 Å². The lowest BCUT2D eigenvalue weighted by molar-refractivity contribution is 0.0496. The number of nitrogens with two attached hydrogens (primary N) is 2. The Balaban J connectivity index is 1.87. The highest BCUT2D eigenvalue weighted by atomic mass is 35.5. The van der Waals surface area contributed by atoms with Crippen LogP contribution in [0.4, 0.5) is 5.69 Å². The molecule has 0 fully saturated rings. The average Bonchev–Trinajstić information content (AvgIpc) is 3.38. The van der Waals surface area contributed by atoms with Gasteiger partial charge >= 0.3 is 17.3 Å². The summed E-state index contributed by atoms with van der Waals surface area (Å²) >= 11 is 6.01. The smallest absolute Gasteiger partial charge is 0.378 e. The molecule has 2 aromatic carbocycles. The SMILES string of the molecule is Cc1cc(/N=c2\n(N)c(=O)n(Cc3nc(C(=O)ON)co3)c(=O)n2Cc2ccc(Cl)cc2)ccc1OC(C)C. The second-order valence-electron chi connectivity index (χ2n) is 8.79. The van der Waals surface area contributed by atoms with Crippen molar-refractivity contribution in [2.45, 2.75) is 40.0 Å². The minimum absolute atomic E-state index is 0.0101. The van der Waals surface area contributed by atoms with Crippen LogP contribution in [0.15, 0.2) is 67.7 Å². The minimum Gasteiger partial charge on any atom is -0.491 e. The Hall–Kier alpha value is -4.62. The first-order valence-electron chi connectivity index (χ1n) is 11.7. The van der Waals surface area contributed by atoms with Gasteiger partial charge in [-0.1, -0.05) is 23.7 Å². The zero-order chi connectivity index (χ0) is 28.3. The molecule has 0 aliphatic heterocycles. The van der Waals surface area contributed by atoms with E-state index in [9.17, 15) is 14.4 Å². The lowest BCUT2D eigenvalue weighted by Gasteiger charge is -2.14. The van der Waals surface area contributed by atoms with E-state index in [1.54, 1.807) is 42.5 Å². The number of nitrogen functional groups attached to an aromatic ring is 1. The molecule has 0 atom stereocenters. The topological polar surface area (TPSA) is 175 Å². The molecule has 0 aliphatic rings. The van der Waals surface area contributed by atoms with Gasteiger partial charge in [0.05, 0.1) is 18.3 Å². The van der Waals surface area contributed by atoms with Gasteiger partial charge in [0.1, 0.15) is 18.6 Å². The predicted molar refractivity (Wildman–Crippen MR) is 141 cm³/mol. The lowest BCUT2D eigenvalue weighted by atomic mass is 10.2. The number of carbonyl (C=O) groups is 1. The fraction of sp³-hybridized carbons (Fsp3) is 0.240. The van der Waals surface area contributed by atoms with Gasteiger partial charge in [-0.15, -0.1) is 0 Å². The summed E-state index contributed by atoms with van der Waals surface area (Å²) in [5.74, 6) is 10.7. The van der Waals surface area contributed by atoms with Crippen LogP contribution in [-0.4, -0.2) is 30.9 Å². The van der Waals surface area contributed by atoms with Crippen LogP contribution in [0.5, 0.6) is 5.75 Å². The molecule has 0 aliphatic carbocycles. The summed E-state index contributed by atoms with van der Waals surface area (Å²) in [7, 11) is 0. The van der Waals surface area contributed by atoms with E-state index in [0.717, 1.165) is 21.1 Å². The van der Waals surface area contributed by atoms with Crippen LogP contribution < -0.4 is 33.5 Å². The zero-order valence-electron chi connectivity index (χ0n) is 21.3. The number of rotatable bonds is 8. The molecule has 4 aromatic rings. The number of nitrogens with zero attached hydrogens (tertiary/aromatic N) is 5. The van der Waals surface area contributed by atoms with Crippen LogP contribution in [0, 0.1) is 6.92 Å². The lowest BCUT2D eigenvalue weighted by Crippen LogP contribution is -2.57. The van der Waals surface area contributed by atoms with Gasteiger partial charge in [0.15, 0.2) is 5.69 Å². The molecule has 0 saturated carbocycles. The Bertz CT molecular complexity index is 1700. The number of halogens is 1. The van der Waals surface area contributed by atoms with E-state index in [-0.39, 0.29) is 29.9 Å². The van der Waals surface area contributed by atoms with Gasteiger partial charge in [0.25, 0.3) is 0 Å². The van der Waals surface area contributed by atoms with Gasteiger partial charge < -0.3 is 19.8 Å². The number of carbonyl (C=O) groups excluding carboxylic acids is 1. The minimum atomic E-state index is -0.944. The van der Waals surface area contributed by atoms with Gasteiger partial charge in [-0.3, -0.25) is 4.57 Å². The summed E-state index contributed by atoms with van der Waals surface area (Å²) < 4.78 is 13.8. The number of hydrogen-bond acceptors (Lipinski definition) is 10. The third kappa shape index (κ3) is 6.10. The second-order valence-corrected chi connectivity index (χ2v) is 9.23. The third-order valence-corrected chi connectivity index (χ3v) is 5.77. The molecule has 0 saturated heterocycles. The highest BCUT2D eigenvalue weighted by Crippen LogP contribution is 2.24. The first kappa shape index (κ1) is 27.4. The molecule has 0 spiro atoms. The molecular weight excluding hydrogens is 530 g/mol. The van der Waals surface area contributed by atoms with Crippen LogP contribution >= 0.6 is 11.6 Å². The van der Waals surface area contributed by atoms with Crippen molar-refractivity contribution in [3.05, 3.63) is 103 Å². The zero-order valence-corrected chi connectivity index (χ0v) is 22.1. The monoisotopic (exact) mass is 555 g/mol. The molecule has 2 heterocycles. The van der Waals surface area contributed by atoms with Crippen molar-refractivity contribution in [1.82, 2.24) is 18.8 Å². The van der Waals surface area contributed by atoms with Gasteiger partial charge in [-0.05, 0) is 62.2 Å². The van der Waals surface area contributed by atoms with E-state index in [0.29, 0.717) is 22.0 Å². The maximum Gasteiger partial charge on any atom is 0.378 e. The standard InChI is InChI=1S/C25H26ClN7O6/c1-14(2)38-20-9-8-18(10-15(20)3)29-23-31(11-16-4-6-17(26)7-5-16)24(35)32(25(36)33(23)27)12-21-30-19(13-37-21)22(34)39-28/h4-10,13-14H,11-12,27-28H2,1-3H3/b29-23-. The van der Waals surface area contributed by atoms with Crippen LogP contribution in [0.2, 0.25) is 5.02 Å². The van der Waals surface area contributed by atoms with Gasteiger partial charge in [-0.25, -0.2) is 28.9 Å². The Morgan fingerprint density at radius 1 is 1.10 bits per heavy atom. The number of aromatic nitrogens is 4. The Kier molecular flexibility index (Phi) is 8.02. The van der Waals surface area contributed by atoms with Crippen molar-refractivity contribution in [1.29, 1.82) is 0 Å². The molecule has 14 heteroatoms. The maximum absolute atomic E-state index is 13.6. The Morgan fingerprint density at radius 2 is 1.82 bits per heavy atom. The van der Waals surface area contributed by atoms with Crippen LogP contribution in [0.25, 0.3) is 0 Å². The summed E-state index contributed by atoms with van der Waals surface area (Å²) in [5, 5.41) is 0.518. The Morgan fingerprint density at radius 3 is 2.46 bits per heavy atom. The van der Waals surface area contributed by atoms with Crippen molar-refractivity contribution in [2.75, 3.05) is 5.84 Å². The molecule has 2 aromatic heterocycles. The summed E-state index contributed by atoms with van der Waals surface area (Å²) in [6, 6.07) is 12.0. The van der Waals surface area contributed by atoms with E-state index in [2.05, 4.69) is 14.8 Å². The van der Waals surface area contributed by atoms with Crippen molar-refractivity contribution >= 4 is 23.3 Å². The number of hydrogen-bond donors (Lipinski definition) is 2. The quantitative estimate of drug-likeness (QED) is 0.242. The molecule has 4 N–H and O–H groups in total. The summed E-state index contributed by atoms with van der Waals surface area (Å²) in [6.45, 7) is 5.28. The molecule has 0 amide bonds. The first-order valence-corrected chi connectivity index (χ1v) is 12.1. The molecule has 0 unspecified atom stereocenters. The highest BCUT2D eigenvalue weighted by molar-refractivity contribution is 6.30. The number of aryl methyl sites for hydroxylation is 1. The first-order chi connectivity index (χ1) is 18.6. The van der Waals surface area contributed by atoms with Crippen molar-refractivity contribution in [2.24, 2.45) is 10.9 Å². The summed E-state index contributed by atoms with van der Waals surface area (Å²) in [5.41, 5.74) is -0.00520. The van der Waals surface area contributed by atoms with Crippen molar-refractivity contribution < 1.29 is 18.8 Å².